The largest absolute Gasteiger partial charge is 0.467 e. The van der Waals surface area contributed by atoms with Gasteiger partial charge in [0.1, 0.15) is 11.9 Å². The number of rotatable bonds is 4. The molecule has 6 heteroatoms. The Kier molecular flexibility index (Phi) is 4.80. The second-order valence-electron chi connectivity index (χ2n) is 3.85. The maximum absolute atomic E-state index is 11.7. The molecule has 5 nitrogen and oxygen atoms in total. The summed E-state index contributed by atoms with van der Waals surface area (Å²) in [7, 11) is 0. The molecule has 19 heavy (non-hydrogen) atoms. The average Bonchev–Trinajstić information content (AvgIpc) is 2.93. The molecule has 0 aliphatic carbocycles. The van der Waals surface area contributed by atoms with Crippen molar-refractivity contribution in [1.29, 1.82) is 0 Å². The van der Waals surface area contributed by atoms with Gasteiger partial charge in [0.25, 0.3) is 0 Å². The van der Waals surface area contributed by atoms with E-state index in [0.717, 1.165) is 9.26 Å². The molecule has 0 aliphatic heterocycles. The van der Waals surface area contributed by atoms with E-state index in [0.29, 0.717) is 5.76 Å². The first-order valence-corrected chi connectivity index (χ1v) is 6.75. The summed E-state index contributed by atoms with van der Waals surface area (Å²) in [5.74, 6) is 0.426. The third-order valence-electron chi connectivity index (χ3n) is 2.45. The van der Waals surface area contributed by atoms with Crippen molar-refractivity contribution in [2.45, 2.75) is 6.10 Å². The number of anilines is 1. The molecule has 0 fully saturated rings. The van der Waals surface area contributed by atoms with Gasteiger partial charge in [0, 0.05) is 3.57 Å². The molecule has 0 bridgehead atoms. The highest BCUT2D eigenvalue weighted by Crippen LogP contribution is 2.17. The van der Waals surface area contributed by atoms with Crippen molar-refractivity contribution >= 4 is 34.3 Å². The molecule has 2 rings (SSSR count). The van der Waals surface area contributed by atoms with Crippen molar-refractivity contribution in [2.24, 2.45) is 0 Å². The number of para-hydroxylation sites is 1. The van der Waals surface area contributed by atoms with Crippen molar-refractivity contribution in [1.82, 2.24) is 5.32 Å². The standard InChI is InChI=1S/C13H13IN2O3/c14-9-4-1-2-5-10(9)16-13(18)15-8-11(17)12-6-3-7-19-12/h1-7,11,17H,8H2,(H2,15,16,18). The summed E-state index contributed by atoms with van der Waals surface area (Å²) in [5.41, 5.74) is 0.730. The van der Waals surface area contributed by atoms with E-state index in [2.05, 4.69) is 33.2 Å². The van der Waals surface area contributed by atoms with E-state index < -0.39 is 6.10 Å². The topological polar surface area (TPSA) is 74.5 Å². The van der Waals surface area contributed by atoms with Gasteiger partial charge in [0.05, 0.1) is 18.5 Å². The van der Waals surface area contributed by atoms with Crippen LogP contribution in [-0.4, -0.2) is 17.7 Å². The first-order chi connectivity index (χ1) is 9.16. The van der Waals surface area contributed by atoms with E-state index in [4.69, 9.17) is 4.42 Å². The summed E-state index contributed by atoms with van der Waals surface area (Å²) in [4.78, 5) is 11.7. The fourth-order valence-corrected chi connectivity index (χ4v) is 2.02. The van der Waals surface area contributed by atoms with Gasteiger partial charge < -0.3 is 20.2 Å². The predicted molar refractivity (Wildman–Crippen MR) is 79.8 cm³/mol. The van der Waals surface area contributed by atoms with Crippen LogP contribution in [0.3, 0.4) is 0 Å². The number of carbonyl (C=O) groups is 1. The highest BCUT2D eigenvalue weighted by atomic mass is 127. The number of hydrogen-bond acceptors (Lipinski definition) is 3. The number of benzene rings is 1. The van der Waals surface area contributed by atoms with Crippen LogP contribution >= 0.6 is 22.6 Å². The van der Waals surface area contributed by atoms with Gasteiger partial charge >= 0.3 is 6.03 Å². The fourth-order valence-electron chi connectivity index (χ4n) is 1.50. The predicted octanol–water partition coefficient (Wildman–Crippen LogP) is 2.74. The number of halogens is 1. The fraction of sp³-hybridized carbons (Fsp3) is 0.154. The van der Waals surface area contributed by atoms with Crippen molar-refractivity contribution in [3.8, 4) is 0 Å². The minimum atomic E-state index is -0.851. The Hall–Kier alpha value is -1.54. The molecule has 1 atom stereocenters. The lowest BCUT2D eigenvalue weighted by Crippen LogP contribution is -2.32. The molecule has 1 aromatic carbocycles. The Balaban J connectivity index is 1.84. The summed E-state index contributed by atoms with van der Waals surface area (Å²) in [6, 6.07) is 10.4. The maximum Gasteiger partial charge on any atom is 0.319 e. The first-order valence-electron chi connectivity index (χ1n) is 5.67. The number of hydrogen-bond donors (Lipinski definition) is 3. The van der Waals surface area contributed by atoms with E-state index in [9.17, 15) is 9.90 Å². The molecule has 1 unspecified atom stereocenters. The van der Waals surface area contributed by atoms with Crippen LogP contribution in [0.2, 0.25) is 0 Å². The van der Waals surface area contributed by atoms with Gasteiger partial charge in [-0.3, -0.25) is 0 Å². The molecule has 0 saturated heterocycles. The van der Waals surface area contributed by atoms with Crippen molar-refractivity contribution in [2.75, 3.05) is 11.9 Å². The van der Waals surface area contributed by atoms with E-state index in [1.54, 1.807) is 12.1 Å². The third-order valence-corrected chi connectivity index (χ3v) is 3.39. The normalized spacial score (nSPS) is 11.9. The molecule has 1 aromatic heterocycles. The molecule has 0 spiro atoms. The van der Waals surface area contributed by atoms with Gasteiger partial charge in [0.15, 0.2) is 0 Å². The Labute approximate surface area is 124 Å². The van der Waals surface area contributed by atoms with Gasteiger partial charge in [-0.25, -0.2) is 4.79 Å². The Morgan fingerprint density at radius 2 is 2.11 bits per heavy atom. The Bertz CT molecular complexity index is 543. The minimum absolute atomic E-state index is 0.0861. The second-order valence-corrected chi connectivity index (χ2v) is 5.01. The average molecular weight is 372 g/mol. The molecule has 0 aliphatic rings. The van der Waals surface area contributed by atoms with Crippen molar-refractivity contribution in [3.05, 3.63) is 52.0 Å². The summed E-state index contributed by atoms with van der Waals surface area (Å²) >= 11 is 2.14. The van der Waals surface area contributed by atoms with Crippen LogP contribution in [0.5, 0.6) is 0 Å². The lowest BCUT2D eigenvalue weighted by molar-refractivity contribution is 0.149. The highest BCUT2D eigenvalue weighted by molar-refractivity contribution is 14.1. The lowest BCUT2D eigenvalue weighted by Gasteiger charge is -2.11. The van der Waals surface area contributed by atoms with Crippen LogP contribution in [0, 0.1) is 3.57 Å². The Morgan fingerprint density at radius 3 is 2.79 bits per heavy atom. The van der Waals surface area contributed by atoms with Crippen LogP contribution < -0.4 is 10.6 Å². The number of aliphatic hydroxyl groups excluding tert-OH is 1. The monoisotopic (exact) mass is 372 g/mol. The second kappa shape index (κ2) is 6.58. The number of aliphatic hydroxyl groups is 1. The van der Waals surface area contributed by atoms with Crippen LogP contribution in [-0.2, 0) is 0 Å². The quantitative estimate of drug-likeness (QED) is 0.723. The van der Waals surface area contributed by atoms with E-state index in [-0.39, 0.29) is 12.6 Å². The highest BCUT2D eigenvalue weighted by Gasteiger charge is 2.12. The van der Waals surface area contributed by atoms with Gasteiger partial charge in [-0.1, -0.05) is 12.1 Å². The molecule has 2 aromatic rings. The number of carbonyl (C=O) groups excluding carboxylic acids is 1. The summed E-state index contributed by atoms with van der Waals surface area (Å²) in [6.07, 6.45) is 0.626. The number of nitrogens with one attached hydrogen (secondary N) is 2. The van der Waals surface area contributed by atoms with Gasteiger partial charge in [-0.2, -0.15) is 0 Å². The smallest absolute Gasteiger partial charge is 0.319 e. The zero-order valence-corrected chi connectivity index (χ0v) is 12.1. The van der Waals surface area contributed by atoms with Crippen LogP contribution in [0.4, 0.5) is 10.5 Å². The number of urea groups is 1. The molecule has 2 amide bonds. The third kappa shape index (κ3) is 3.97. The summed E-state index contributed by atoms with van der Waals surface area (Å²) in [6.45, 7) is 0.0861. The van der Waals surface area contributed by atoms with Crippen LogP contribution in [0.1, 0.15) is 11.9 Å². The molecule has 0 saturated carbocycles. The molecule has 3 N–H and O–H groups in total. The Morgan fingerprint density at radius 1 is 1.32 bits per heavy atom. The van der Waals surface area contributed by atoms with E-state index >= 15 is 0 Å². The van der Waals surface area contributed by atoms with E-state index in [1.807, 2.05) is 24.3 Å². The minimum Gasteiger partial charge on any atom is -0.467 e. The van der Waals surface area contributed by atoms with Gasteiger partial charge in [0.2, 0.25) is 0 Å². The van der Waals surface area contributed by atoms with Crippen LogP contribution in [0.25, 0.3) is 0 Å². The summed E-state index contributed by atoms with van der Waals surface area (Å²) in [5, 5.41) is 15.0. The van der Waals surface area contributed by atoms with Crippen molar-refractivity contribution in [3.63, 3.8) is 0 Å². The van der Waals surface area contributed by atoms with E-state index in [1.165, 1.54) is 6.26 Å². The maximum atomic E-state index is 11.7. The zero-order valence-electron chi connectivity index (χ0n) is 9.97. The SMILES string of the molecule is O=C(NCC(O)c1ccco1)Nc1ccccc1I. The van der Waals surface area contributed by atoms with Gasteiger partial charge in [-0.15, -0.1) is 0 Å². The molecular formula is C13H13IN2O3. The number of amides is 2. The van der Waals surface area contributed by atoms with Crippen molar-refractivity contribution < 1.29 is 14.3 Å². The molecule has 0 radical (unpaired) electrons. The van der Waals surface area contributed by atoms with Gasteiger partial charge in [-0.05, 0) is 46.9 Å². The lowest BCUT2D eigenvalue weighted by atomic mass is 10.3. The van der Waals surface area contributed by atoms with Crippen LogP contribution in [0.15, 0.2) is 47.1 Å². The zero-order chi connectivity index (χ0) is 13.7. The molecular weight excluding hydrogens is 359 g/mol. The first kappa shape index (κ1) is 13.9. The molecule has 1 heterocycles. The molecule has 100 valence electrons. The summed E-state index contributed by atoms with van der Waals surface area (Å²) < 4.78 is 5.99. The number of furan rings is 1.